The van der Waals surface area contributed by atoms with Crippen LogP contribution >= 0.6 is 11.3 Å². The second kappa shape index (κ2) is 5.41. The van der Waals surface area contributed by atoms with Gasteiger partial charge in [0.2, 0.25) is 5.91 Å². The van der Waals surface area contributed by atoms with Crippen LogP contribution in [-0.2, 0) is 11.3 Å². The van der Waals surface area contributed by atoms with Gasteiger partial charge in [-0.1, -0.05) is 18.2 Å². The first kappa shape index (κ1) is 13.8. The number of nitrogens with zero attached hydrogens (tertiary/aromatic N) is 2. The van der Waals surface area contributed by atoms with Gasteiger partial charge in [0.25, 0.3) is 0 Å². The number of para-hydroxylation sites is 2. The molecule has 4 rings (SSSR count). The summed E-state index contributed by atoms with van der Waals surface area (Å²) in [5.41, 5.74) is 0.861. The molecule has 22 heavy (non-hydrogen) atoms. The molecule has 3 heterocycles. The number of likely N-dealkylation sites (N-methyl/N-ethyl adjacent to an activating group) is 1. The van der Waals surface area contributed by atoms with E-state index in [4.69, 9.17) is 4.74 Å². The van der Waals surface area contributed by atoms with Crippen molar-refractivity contribution in [1.29, 1.82) is 0 Å². The number of amides is 1. The molecule has 2 bridgehead atoms. The second-order valence-corrected chi connectivity index (χ2v) is 6.90. The van der Waals surface area contributed by atoms with Crippen molar-refractivity contribution in [3.05, 3.63) is 46.7 Å². The lowest BCUT2D eigenvalue weighted by Gasteiger charge is -2.29. The largest absolute Gasteiger partial charge is 0.487 e. The fraction of sp³-hybridized carbons (Fsp3) is 0.353. The summed E-state index contributed by atoms with van der Waals surface area (Å²) in [6.07, 6.45) is 0.854. The molecular formula is C17H18N2O2S. The van der Waals surface area contributed by atoms with E-state index in [0.29, 0.717) is 0 Å². The number of ether oxygens (including phenoxy) is 1. The molecule has 0 saturated carbocycles. The molecule has 0 N–H and O–H groups in total. The highest BCUT2D eigenvalue weighted by molar-refractivity contribution is 7.09. The van der Waals surface area contributed by atoms with E-state index < -0.39 is 0 Å². The molecule has 2 aliphatic rings. The summed E-state index contributed by atoms with van der Waals surface area (Å²) in [6, 6.07) is 11.9. The van der Waals surface area contributed by atoms with E-state index in [1.807, 2.05) is 31.3 Å². The second-order valence-electron chi connectivity index (χ2n) is 5.87. The van der Waals surface area contributed by atoms with Crippen LogP contribution in [0.2, 0.25) is 0 Å². The Balaban J connectivity index is 1.65. The van der Waals surface area contributed by atoms with Crippen LogP contribution in [0.4, 0.5) is 5.69 Å². The third kappa shape index (κ3) is 2.30. The molecule has 1 amide bonds. The number of rotatable bonds is 2. The van der Waals surface area contributed by atoms with E-state index in [-0.39, 0.29) is 18.1 Å². The van der Waals surface area contributed by atoms with Crippen molar-refractivity contribution in [3.63, 3.8) is 0 Å². The number of thiophene rings is 1. The average molecular weight is 314 g/mol. The summed E-state index contributed by atoms with van der Waals surface area (Å²) in [6.45, 7) is 1.62. The van der Waals surface area contributed by atoms with Crippen LogP contribution in [-0.4, -0.2) is 36.5 Å². The van der Waals surface area contributed by atoms with Gasteiger partial charge in [-0.15, -0.1) is 11.3 Å². The summed E-state index contributed by atoms with van der Waals surface area (Å²) in [5, 5.41) is 2.08. The molecule has 0 aliphatic carbocycles. The molecule has 114 valence electrons. The van der Waals surface area contributed by atoms with Gasteiger partial charge in [0, 0.05) is 31.4 Å². The Bertz CT molecular complexity index is 686. The molecule has 5 heteroatoms. The van der Waals surface area contributed by atoms with Crippen LogP contribution in [0.25, 0.3) is 0 Å². The van der Waals surface area contributed by atoms with Crippen LogP contribution in [0, 0.1) is 0 Å². The van der Waals surface area contributed by atoms with E-state index in [1.165, 1.54) is 4.88 Å². The minimum absolute atomic E-state index is 0.0868. The normalized spacial score (nSPS) is 24.6. The van der Waals surface area contributed by atoms with E-state index in [9.17, 15) is 4.79 Å². The molecule has 0 unspecified atom stereocenters. The molecule has 0 radical (unpaired) electrons. The fourth-order valence-corrected chi connectivity index (χ4v) is 4.07. The lowest BCUT2D eigenvalue weighted by Crippen LogP contribution is -2.44. The summed E-state index contributed by atoms with van der Waals surface area (Å²) in [5.74, 6) is 0.967. The number of anilines is 1. The maximum absolute atomic E-state index is 12.9. The Kier molecular flexibility index (Phi) is 3.39. The van der Waals surface area contributed by atoms with Gasteiger partial charge in [-0.05, 0) is 23.6 Å². The molecule has 1 saturated heterocycles. The zero-order valence-electron chi connectivity index (χ0n) is 12.4. The SMILES string of the molecule is CN1C(=O)[C@@H]2C[C@@H](CN2Cc2cccs2)Oc2ccccc21. The molecule has 2 atom stereocenters. The van der Waals surface area contributed by atoms with Gasteiger partial charge in [-0.2, -0.15) is 0 Å². The molecule has 4 nitrogen and oxygen atoms in total. The Labute approximate surface area is 133 Å². The highest BCUT2D eigenvalue weighted by Gasteiger charge is 2.41. The molecular weight excluding hydrogens is 296 g/mol. The van der Waals surface area contributed by atoms with E-state index in [0.717, 1.165) is 30.9 Å². The molecule has 1 fully saturated rings. The predicted molar refractivity (Wildman–Crippen MR) is 87.4 cm³/mol. The molecule has 2 aliphatic heterocycles. The number of benzene rings is 1. The van der Waals surface area contributed by atoms with Crippen LogP contribution < -0.4 is 9.64 Å². The maximum Gasteiger partial charge on any atom is 0.244 e. The van der Waals surface area contributed by atoms with E-state index in [2.05, 4.69) is 22.4 Å². The van der Waals surface area contributed by atoms with Crippen molar-refractivity contribution in [2.75, 3.05) is 18.5 Å². The van der Waals surface area contributed by atoms with Crippen LogP contribution in [0.15, 0.2) is 41.8 Å². The third-order valence-electron chi connectivity index (χ3n) is 4.44. The summed E-state index contributed by atoms with van der Waals surface area (Å²) < 4.78 is 6.16. The Morgan fingerprint density at radius 3 is 2.95 bits per heavy atom. The zero-order valence-corrected chi connectivity index (χ0v) is 13.3. The predicted octanol–water partition coefficient (Wildman–Crippen LogP) is 2.75. The molecule has 1 aromatic heterocycles. The number of carbonyl (C=O) groups excluding carboxylic acids is 1. The van der Waals surface area contributed by atoms with Gasteiger partial charge in [0.05, 0.1) is 11.7 Å². The Hall–Kier alpha value is -1.85. The monoisotopic (exact) mass is 314 g/mol. The Morgan fingerprint density at radius 2 is 2.14 bits per heavy atom. The number of hydrogen-bond acceptors (Lipinski definition) is 4. The van der Waals surface area contributed by atoms with Gasteiger partial charge < -0.3 is 9.64 Å². The van der Waals surface area contributed by atoms with Gasteiger partial charge in [0.15, 0.2) is 0 Å². The van der Waals surface area contributed by atoms with Crippen molar-refractivity contribution in [2.45, 2.75) is 25.1 Å². The minimum atomic E-state index is -0.0922. The van der Waals surface area contributed by atoms with Crippen molar-refractivity contribution >= 4 is 22.9 Å². The average Bonchev–Trinajstić information content (AvgIpc) is 3.16. The molecule has 0 spiro atoms. The van der Waals surface area contributed by atoms with Crippen molar-refractivity contribution < 1.29 is 9.53 Å². The lowest BCUT2D eigenvalue weighted by molar-refractivity contribution is -0.122. The van der Waals surface area contributed by atoms with Crippen molar-refractivity contribution in [3.8, 4) is 5.75 Å². The molecule has 2 aromatic rings. The first-order valence-corrected chi connectivity index (χ1v) is 8.40. The Morgan fingerprint density at radius 1 is 1.27 bits per heavy atom. The number of fused-ring (bicyclic) bond motifs is 3. The number of carbonyl (C=O) groups is 1. The van der Waals surface area contributed by atoms with Crippen LogP contribution in [0.3, 0.4) is 0 Å². The zero-order chi connectivity index (χ0) is 15.1. The number of likely N-dealkylation sites (tertiary alicyclic amines) is 1. The van der Waals surface area contributed by atoms with Crippen molar-refractivity contribution in [2.24, 2.45) is 0 Å². The third-order valence-corrected chi connectivity index (χ3v) is 5.30. The summed E-state index contributed by atoms with van der Waals surface area (Å²) in [4.78, 5) is 18.2. The van der Waals surface area contributed by atoms with Gasteiger partial charge in [-0.25, -0.2) is 0 Å². The number of hydrogen-bond donors (Lipinski definition) is 0. The fourth-order valence-electron chi connectivity index (χ4n) is 3.34. The first-order chi connectivity index (χ1) is 10.7. The van der Waals surface area contributed by atoms with Gasteiger partial charge >= 0.3 is 0 Å². The lowest BCUT2D eigenvalue weighted by atomic mass is 10.1. The topological polar surface area (TPSA) is 32.8 Å². The highest BCUT2D eigenvalue weighted by atomic mass is 32.1. The van der Waals surface area contributed by atoms with Gasteiger partial charge in [0.1, 0.15) is 11.9 Å². The standard InChI is InChI=1S/C17H18N2O2S/c1-18-14-6-2-3-7-16(14)21-12-9-15(17(18)20)19(10-12)11-13-5-4-8-22-13/h2-8,12,15H,9-11H2,1H3/t12-,15-/m0/s1. The van der Waals surface area contributed by atoms with Crippen LogP contribution in [0.1, 0.15) is 11.3 Å². The van der Waals surface area contributed by atoms with Crippen LogP contribution in [0.5, 0.6) is 5.75 Å². The first-order valence-electron chi connectivity index (χ1n) is 7.52. The van der Waals surface area contributed by atoms with E-state index in [1.54, 1.807) is 16.2 Å². The minimum Gasteiger partial charge on any atom is -0.487 e. The quantitative estimate of drug-likeness (QED) is 0.854. The maximum atomic E-state index is 12.9. The summed E-state index contributed by atoms with van der Waals surface area (Å²) in [7, 11) is 1.84. The van der Waals surface area contributed by atoms with E-state index >= 15 is 0 Å². The van der Waals surface area contributed by atoms with Crippen molar-refractivity contribution in [1.82, 2.24) is 4.90 Å². The smallest absolute Gasteiger partial charge is 0.244 e. The van der Waals surface area contributed by atoms with Gasteiger partial charge in [-0.3, -0.25) is 9.69 Å². The summed E-state index contributed by atoms with van der Waals surface area (Å²) >= 11 is 1.74. The molecule has 1 aromatic carbocycles. The highest BCUT2D eigenvalue weighted by Crippen LogP contribution is 2.35.